The van der Waals surface area contributed by atoms with Crippen molar-refractivity contribution in [3.8, 4) is 17.1 Å². The van der Waals surface area contributed by atoms with E-state index in [1.165, 1.54) is 11.8 Å². The van der Waals surface area contributed by atoms with E-state index in [2.05, 4.69) is 15.3 Å². The molecule has 4 aromatic rings. The number of aromatic nitrogens is 3. The molecule has 0 aliphatic carbocycles. The van der Waals surface area contributed by atoms with E-state index >= 15 is 0 Å². The van der Waals surface area contributed by atoms with Gasteiger partial charge in [-0.1, -0.05) is 71.9 Å². The predicted molar refractivity (Wildman–Crippen MR) is 132 cm³/mol. The maximum absolute atomic E-state index is 12.9. The lowest BCUT2D eigenvalue weighted by atomic mass is 10.1. The maximum atomic E-state index is 12.9. The molecule has 1 aromatic heterocycles. The van der Waals surface area contributed by atoms with Crippen molar-refractivity contribution in [1.82, 2.24) is 19.8 Å². The average Bonchev–Trinajstić information content (AvgIpc) is 3.52. The molecule has 6 nitrogen and oxygen atoms in total. The first-order valence-corrected chi connectivity index (χ1v) is 11.9. The molecule has 3 aromatic carbocycles. The maximum Gasteiger partial charge on any atom is 0.253 e. The lowest BCUT2D eigenvalue weighted by Crippen LogP contribution is -2.25. The van der Waals surface area contributed by atoms with E-state index in [-0.39, 0.29) is 11.7 Å². The van der Waals surface area contributed by atoms with Crippen LogP contribution < -0.4 is 0 Å². The number of hydrogen-bond donors (Lipinski definition) is 0. The zero-order chi connectivity index (χ0) is 22.6. The summed E-state index contributed by atoms with van der Waals surface area (Å²) >= 11 is 7.41. The van der Waals surface area contributed by atoms with Gasteiger partial charge in [0.25, 0.3) is 5.91 Å². The fourth-order valence-electron chi connectivity index (χ4n) is 3.63. The van der Waals surface area contributed by atoms with E-state index in [1.807, 2.05) is 89.5 Å². The van der Waals surface area contributed by atoms with Crippen molar-refractivity contribution in [2.75, 3.05) is 12.3 Å². The molecule has 1 aliphatic heterocycles. The van der Waals surface area contributed by atoms with Crippen LogP contribution in [0.4, 0.5) is 0 Å². The molecule has 0 spiro atoms. The highest BCUT2D eigenvalue weighted by atomic mass is 35.5. The molecule has 164 valence electrons. The first-order chi connectivity index (χ1) is 16.2. The fraction of sp³-hybridized carbons (Fsp3) is 0.120. The Labute approximate surface area is 200 Å². The minimum absolute atomic E-state index is 0.0541. The third-order valence-corrected chi connectivity index (χ3v) is 6.44. The number of hydrogen-bond acceptors (Lipinski definition) is 5. The average molecular weight is 474 g/mol. The molecule has 8 heteroatoms. The minimum atomic E-state index is -0.0541. The highest BCUT2D eigenvalue weighted by molar-refractivity contribution is 7.99. The molecule has 1 amide bonds. The molecule has 1 aliphatic rings. The topological polar surface area (TPSA) is 63.4 Å². The normalized spacial score (nSPS) is 13.2. The van der Waals surface area contributed by atoms with Crippen molar-refractivity contribution < 1.29 is 4.79 Å². The number of benzene rings is 3. The molecule has 0 fully saturated rings. The minimum Gasteiger partial charge on any atom is -0.272 e. The molecule has 5 rings (SSSR count). The summed E-state index contributed by atoms with van der Waals surface area (Å²) < 4.78 is 1.96. The van der Waals surface area contributed by atoms with Crippen molar-refractivity contribution in [2.24, 2.45) is 5.10 Å². The molecule has 0 saturated carbocycles. The van der Waals surface area contributed by atoms with Gasteiger partial charge in [0.2, 0.25) is 0 Å². The Bertz CT molecular complexity index is 1290. The number of thioether (sulfide) groups is 1. The van der Waals surface area contributed by atoms with Crippen molar-refractivity contribution in [1.29, 1.82) is 0 Å². The molecule has 0 bridgehead atoms. The number of amides is 1. The summed E-state index contributed by atoms with van der Waals surface area (Å²) in [6.45, 7) is 0.588. The van der Waals surface area contributed by atoms with Gasteiger partial charge in [-0.2, -0.15) is 5.10 Å². The molecule has 0 saturated heterocycles. The van der Waals surface area contributed by atoms with Gasteiger partial charge in [0, 0.05) is 22.7 Å². The Hall–Kier alpha value is -3.42. The summed E-state index contributed by atoms with van der Waals surface area (Å²) in [5, 5.41) is 16.2. The molecule has 2 heterocycles. The number of para-hydroxylation sites is 1. The number of carbonyl (C=O) groups excluding carboxylic acids is 1. The number of rotatable bonds is 6. The zero-order valence-electron chi connectivity index (χ0n) is 17.6. The largest absolute Gasteiger partial charge is 0.272 e. The molecule has 0 atom stereocenters. The third kappa shape index (κ3) is 4.69. The summed E-state index contributed by atoms with van der Waals surface area (Å²) in [6.07, 6.45) is 0.751. The highest BCUT2D eigenvalue weighted by Crippen LogP contribution is 2.29. The second-order valence-corrected chi connectivity index (χ2v) is 8.83. The van der Waals surface area contributed by atoms with E-state index < -0.39 is 0 Å². The summed E-state index contributed by atoms with van der Waals surface area (Å²) in [6, 6.07) is 27.3. The van der Waals surface area contributed by atoms with Crippen molar-refractivity contribution in [3.05, 3.63) is 95.5 Å². The van der Waals surface area contributed by atoms with Crippen LogP contribution in [0.1, 0.15) is 12.0 Å². The molecular formula is C25H20ClN5OS. The van der Waals surface area contributed by atoms with Gasteiger partial charge in [0.05, 0.1) is 18.0 Å². The molecular weight excluding hydrogens is 454 g/mol. The van der Waals surface area contributed by atoms with Crippen LogP contribution >= 0.6 is 23.4 Å². The Morgan fingerprint density at radius 1 is 0.879 bits per heavy atom. The summed E-state index contributed by atoms with van der Waals surface area (Å²) in [5.41, 5.74) is 3.81. The van der Waals surface area contributed by atoms with Crippen LogP contribution in [0, 0.1) is 0 Å². The SMILES string of the molecule is O=C(CSc1nnc(-c2ccc(Cl)cc2)n1-c1ccccc1)N1CCC(c2ccccc2)=N1. The van der Waals surface area contributed by atoms with Crippen molar-refractivity contribution in [3.63, 3.8) is 0 Å². The molecule has 0 N–H and O–H groups in total. The van der Waals surface area contributed by atoms with E-state index in [0.29, 0.717) is 22.5 Å². The van der Waals surface area contributed by atoms with Crippen LogP contribution in [-0.4, -0.2) is 43.7 Å². The number of hydrazone groups is 1. The number of halogens is 1. The van der Waals surface area contributed by atoms with Crippen molar-refractivity contribution >= 4 is 35.0 Å². The fourth-order valence-corrected chi connectivity index (χ4v) is 4.58. The lowest BCUT2D eigenvalue weighted by Gasteiger charge is -2.12. The molecule has 0 unspecified atom stereocenters. The Morgan fingerprint density at radius 2 is 1.58 bits per heavy atom. The van der Waals surface area contributed by atoms with E-state index in [0.717, 1.165) is 28.9 Å². The van der Waals surface area contributed by atoms with E-state index in [1.54, 1.807) is 5.01 Å². The Balaban J connectivity index is 1.37. The Morgan fingerprint density at radius 3 is 2.30 bits per heavy atom. The number of nitrogens with zero attached hydrogens (tertiary/aromatic N) is 5. The van der Waals surface area contributed by atoms with Crippen LogP contribution in [0.25, 0.3) is 17.1 Å². The third-order valence-electron chi connectivity index (χ3n) is 5.27. The summed E-state index contributed by atoms with van der Waals surface area (Å²) in [7, 11) is 0. The number of carbonyl (C=O) groups is 1. The van der Waals surface area contributed by atoms with E-state index in [4.69, 9.17) is 11.6 Å². The molecule has 0 radical (unpaired) electrons. The summed E-state index contributed by atoms with van der Waals surface area (Å²) in [5.74, 6) is 0.858. The lowest BCUT2D eigenvalue weighted by molar-refractivity contribution is -0.127. The van der Waals surface area contributed by atoms with Crippen LogP contribution in [0.3, 0.4) is 0 Å². The smallest absolute Gasteiger partial charge is 0.253 e. The van der Waals surface area contributed by atoms with Crippen LogP contribution in [0.2, 0.25) is 5.02 Å². The first kappa shape index (κ1) is 21.4. The van der Waals surface area contributed by atoms with Crippen molar-refractivity contribution in [2.45, 2.75) is 11.6 Å². The second-order valence-electron chi connectivity index (χ2n) is 7.45. The second kappa shape index (κ2) is 9.60. The summed E-state index contributed by atoms with van der Waals surface area (Å²) in [4.78, 5) is 12.9. The van der Waals surface area contributed by atoms with Gasteiger partial charge < -0.3 is 0 Å². The zero-order valence-corrected chi connectivity index (χ0v) is 19.2. The van der Waals surface area contributed by atoms with Gasteiger partial charge >= 0.3 is 0 Å². The van der Waals surface area contributed by atoms with E-state index in [9.17, 15) is 4.79 Å². The Kier molecular flexibility index (Phi) is 6.24. The van der Waals surface area contributed by atoms with Crippen LogP contribution in [0.5, 0.6) is 0 Å². The van der Waals surface area contributed by atoms with Gasteiger partial charge in [-0.25, -0.2) is 5.01 Å². The van der Waals surface area contributed by atoms with Gasteiger partial charge in [0.1, 0.15) is 0 Å². The van der Waals surface area contributed by atoms with Crippen LogP contribution in [-0.2, 0) is 4.79 Å². The monoisotopic (exact) mass is 473 g/mol. The van der Waals surface area contributed by atoms with Gasteiger partial charge in [0.15, 0.2) is 11.0 Å². The molecule has 33 heavy (non-hydrogen) atoms. The first-order valence-electron chi connectivity index (χ1n) is 10.5. The standard InChI is InChI=1S/C25H20ClN5OS/c26-20-13-11-19(12-14-20)24-27-28-25(31(24)21-9-5-2-6-10-21)33-17-23(32)30-16-15-22(29-30)18-7-3-1-4-8-18/h1-14H,15-17H2. The van der Waals surface area contributed by atoms with Gasteiger partial charge in [-0.3, -0.25) is 9.36 Å². The predicted octanol–water partition coefficient (Wildman–Crippen LogP) is 5.32. The van der Waals surface area contributed by atoms with Gasteiger partial charge in [-0.05, 0) is 42.0 Å². The quantitative estimate of drug-likeness (QED) is 0.356. The highest BCUT2D eigenvalue weighted by Gasteiger charge is 2.23. The van der Waals surface area contributed by atoms with Crippen LogP contribution in [0.15, 0.2) is 95.2 Å². The van der Waals surface area contributed by atoms with Gasteiger partial charge in [-0.15, -0.1) is 10.2 Å².